The molecular weight excluding hydrogens is 216 g/mol. The van der Waals surface area contributed by atoms with Crippen molar-refractivity contribution >= 4 is 12.6 Å². The van der Waals surface area contributed by atoms with Crippen LogP contribution in [0.3, 0.4) is 0 Å². The maximum Gasteiger partial charge on any atom is 0.119 e. The van der Waals surface area contributed by atoms with Crippen molar-refractivity contribution in [2.75, 3.05) is 0 Å². The van der Waals surface area contributed by atoms with Crippen LogP contribution in [0.5, 0.6) is 5.75 Å². The lowest BCUT2D eigenvalue weighted by atomic mass is 10.2. The van der Waals surface area contributed by atoms with Gasteiger partial charge in [-0.05, 0) is 23.3 Å². The van der Waals surface area contributed by atoms with Gasteiger partial charge < -0.3 is 4.74 Å². The van der Waals surface area contributed by atoms with Gasteiger partial charge in [0.15, 0.2) is 0 Å². The van der Waals surface area contributed by atoms with E-state index in [2.05, 4.69) is 24.8 Å². The highest BCUT2D eigenvalue weighted by Gasteiger charge is 1.95. The monoisotopic (exact) mass is 230 g/mol. The van der Waals surface area contributed by atoms with E-state index in [-0.39, 0.29) is 0 Å². The summed E-state index contributed by atoms with van der Waals surface area (Å²) in [5.74, 6) is 1.66. The Hall–Kier alpha value is -1.41. The molecule has 1 nitrogen and oxygen atoms in total. The molecule has 0 bridgehead atoms. The zero-order valence-corrected chi connectivity index (χ0v) is 9.86. The van der Waals surface area contributed by atoms with Gasteiger partial charge in [0, 0.05) is 5.75 Å². The topological polar surface area (TPSA) is 9.23 Å². The summed E-state index contributed by atoms with van der Waals surface area (Å²) < 4.78 is 5.67. The summed E-state index contributed by atoms with van der Waals surface area (Å²) in [6, 6.07) is 18.2. The van der Waals surface area contributed by atoms with Gasteiger partial charge in [-0.15, -0.1) is 0 Å². The number of hydrogen-bond donors (Lipinski definition) is 1. The molecule has 2 heteroatoms. The van der Waals surface area contributed by atoms with Gasteiger partial charge >= 0.3 is 0 Å². The zero-order valence-electron chi connectivity index (χ0n) is 8.97. The molecule has 0 spiro atoms. The van der Waals surface area contributed by atoms with E-state index in [9.17, 15) is 0 Å². The van der Waals surface area contributed by atoms with Crippen LogP contribution in [0.25, 0.3) is 0 Å². The second-order valence-electron chi connectivity index (χ2n) is 3.58. The van der Waals surface area contributed by atoms with Crippen LogP contribution in [0, 0.1) is 0 Å². The highest BCUT2D eigenvalue weighted by atomic mass is 32.1. The molecule has 0 fully saturated rings. The van der Waals surface area contributed by atoms with E-state index in [1.807, 2.05) is 42.5 Å². The van der Waals surface area contributed by atoms with Crippen molar-refractivity contribution in [1.29, 1.82) is 0 Å². The van der Waals surface area contributed by atoms with Gasteiger partial charge in [-0.3, -0.25) is 0 Å². The lowest BCUT2D eigenvalue weighted by molar-refractivity contribution is 0.306. The molecule has 0 radical (unpaired) electrons. The van der Waals surface area contributed by atoms with E-state index in [1.165, 1.54) is 11.1 Å². The van der Waals surface area contributed by atoms with E-state index >= 15 is 0 Å². The Morgan fingerprint density at radius 2 is 1.50 bits per heavy atom. The second-order valence-corrected chi connectivity index (χ2v) is 3.89. The van der Waals surface area contributed by atoms with Crippen LogP contribution in [0.2, 0.25) is 0 Å². The number of ether oxygens (including phenoxy) is 1. The number of benzene rings is 2. The Labute approximate surface area is 101 Å². The molecule has 0 unspecified atom stereocenters. The van der Waals surface area contributed by atoms with Gasteiger partial charge in [0.1, 0.15) is 12.4 Å². The largest absolute Gasteiger partial charge is 0.489 e. The normalized spacial score (nSPS) is 10.1. The first kappa shape index (κ1) is 11.1. The van der Waals surface area contributed by atoms with E-state index < -0.39 is 0 Å². The molecule has 82 valence electrons. The van der Waals surface area contributed by atoms with Crippen molar-refractivity contribution in [1.82, 2.24) is 0 Å². The molecular formula is C14H14OS. The number of rotatable bonds is 4. The third-order valence-electron chi connectivity index (χ3n) is 2.35. The molecule has 0 saturated carbocycles. The smallest absolute Gasteiger partial charge is 0.119 e. The first-order chi connectivity index (χ1) is 7.88. The Morgan fingerprint density at radius 3 is 2.12 bits per heavy atom. The van der Waals surface area contributed by atoms with Crippen LogP contribution in [-0.2, 0) is 12.4 Å². The van der Waals surface area contributed by atoms with Gasteiger partial charge in [-0.25, -0.2) is 0 Å². The number of thiol groups is 1. The van der Waals surface area contributed by atoms with Crippen molar-refractivity contribution in [3.8, 4) is 5.75 Å². The quantitative estimate of drug-likeness (QED) is 0.788. The average Bonchev–Trinajstić information content (AvgIpc) is 2.38. The van der Waals surface area contributed by atoms with Crippen LogP contribution < -0.4 is 4.74 Å². The van der Waals surface area contributed by atoms with E-state index in [4.69, 9.17) is 4.74 Å². The molecule has 0 aliphatic rings. The summed E-state index contributed by atoms with van der Waals surface area (Å²) in [6.45, 7) is 0.612. The lowest BCUT2D eigenvalue weighted by Crippen LogP contribution is -1.94. The predicted octanol–water partition coefficient (Wildman–Crippen LogP) is 3.70. The van der Waals surface area contributed by atoms with E-state index in [0.717, 1.165) is 11.5 Å². The maximum absolute atomic E-state index is 5.67. The zero-order chi connectivity index (χ0) is 11.2. The SMILES string of the molecule is SCc1ccc(OCc2ccccc2)cc1. The molecule has 2 rings (SSSR count). The first-order valence-electron chi connectivity index (χ1n) is 5.25. The standard InChI is InChI=1S/C14H14OS/c16-11-13-6-8-14(9-7-13)15-10-12-4-2-1-3-5-12/h1-9,16H,10-11H2. The molecule has 0 aromatic heterocycles. The van der Waals surface area contributed by atoms with Gasteiger partial charge in [0.2, 0.25) is 0 Å². The van der Waals surface area contributed by atoms with Gasteiger partial charge in [-0.1, -0.05) is 42.5 Å². The Morgan fingerprint density at radius 1 is 0.812 bits per heavy atom. The van der Waals surface area contributed by atoms with Crippen molar-refractivity contribution < 1.29 is 4.74 Å². The molecule has 0 aliphatic heterocycles. The molecule has 2 aromatic rings. The Bertz CT molecular complexity index is 422. The summed E-state index contributed by atoms with van der Waals surface area (Å²) in [4.78, 5) is 0. The minimum absolute atomic E-state index is 0.612. The molecule has 0 saturated heterocycles. The minimum atomic E-state index is 0.612. The third kappa shape index (κ3) is 3.04. The summed E-state index contributed by atoms with van der Waals surface area (Å²) in [7, 11) is 0. The van der Waals surface area contributed by atoms with Crippen LogP contribution in [0.4, 0.5) is 0 Å². The molecule has 0 heterocycles. The first-order valence-corrected chi connectivity index (χ1v) is 5.88. The summed E-state index contributed by atoms with van der Waals surface area (Å²) in [6.07, 6.45) is 0. The fourth-order valence-corrected chi connectivity index (χ4v) is 1.64. The Kier molecular flexibility index (Phi) is 3.89. The molecule has 2 aromatic carbocycles. The fourth-order valence-electron chi connectivity index (χ4n) is 1.43. The van der Waals surface area contributed by atoms with Crippen LogP contribution >= 0.6 is 12.6 Å². The summed E-state index contributed by atoms with van der Waals surface area (Å²) >= 11 is 4.21. The van der Waals surface area contributed by atoms with E-state index in [1.54, 1.807) is 0 Å². The lowest BCUT2D eigenvalue weighted by Gasteiger charge is -2.06. The highest BCUT2D eigenvalue weighted by molar-refractivity contribution is 7.79. The minimum Gasteiger partial charge on any atom is -0.489 e. The van der Waals surface area contributed by atoms with Crippen LogP contribution in [-0.4, -0.2) is 0 Å². The fraction of sp³-hybridized carbons (Fsp3) is 0.143. The van der Waals surface area contributed by atoms with Crippen molar-refractivity contribution in [2.24, 2.45) is 0 Å². The van der Waals surface area contributed by atoms with Gasteiger partial charge in [-0.2, -0.15) is 12.6 Å². The Balaban J connectivity index is 1.94. The van der Waals surface area contributed by atoms with Crippen molar-refractivity contribution in [3.63, 3.8) is 0 Å². The maximum atomic E-state index is 5.67. The highest BCUT2D eigenvalue weighted by Crippen LogP contribution is 2.15. The average molecular weight is 230 g/mol. The molecule has 0 atom stereocenters. The van der Waals surface area contributed by atoms with Crippen LogP contribution in [0.1, 0.15) is 11.1 Å². The summed E-state index contributed by atoms with van der Waals surface area (Å²) in [5, 5.41) is 0. The van der Waals surface area contributed by atoms with Crippen molar-refractivity contribution in [3.05, 3.63) is 65.7 Å². The molecule has 0 N–H and O–H groups in total. The van der Waals surface area contributed by atoms with E-state index in [0.29, 0.717) is 6.61 Å². The van der Waals surface area contributed by atoms with Gasteiger partial charge in [0.05, 0.1) is 0 Å². The van der Waals surface area contributed by atoms with Crippen LogP contribution in [0.15, 0.2) is 54.6 Å². The third-order valence-corrected chi connectivity index (χ3v) is 2.72. The molecule has 0 amide bonds. The van der Waals surface area contributed by atoms with Gasteiger partial charge in [0.25, 0.3) is 0 Å². The molecule has 0 aliphatic carbocycles. The number of hydrogen-bond acceptors (Lipinski definition) is 2. The summed E-state index contributed by atoms with van der Waals surface area (Å²) in [5.41, 5.74) is 2.39. The predicted molar refractivity (Wildman–Crippen MR) is 69.9 cm³/mol. The second kappa shape index (κ2) is 5.61. The van der Waals surface area contributed by atoms with Crippen molar-refractivity contribution in [2.45, 2.75) is 12.4 Å². The molecule has 16 heavy (non-hydrogen) atoms.